The summed E-state index contributed by atoms with van der Waals surface area (Å²) in [5.74, 6) is 0. The van der Waals surface area contributed by atoms with Crippen LogP contribution in [0.2, 0.25) is 5.02 Å². The lowest BCUT2D eigenvalue weighted by atomic mass is 10.1. The Hall–Kier alpha value is -1.81. The van der Waals surface area contributed by atoms with Crippen LogP contribution in [-0.4, -0.2) is 36.1 Å². The SMILES string of the molecule is C=C(NN1CCN(Cc2ccc(C)cc2C)CC1)c1ccc(Cl)cc1. The van der Waals surface area contributed by atoms with Gasteiger partial charge in [-0.25, -0.2) is 5.01 Å². The first-order chi connectivity index (χ1) is 12.0. The highest BCUT2D eigenvalue weighted by molar-refractivity contribution is 6.30. The number of piperazine rings is 1. The number of aryl methyl sites for hydroxylation is 2. The first-order valence-electron chi connectivity index (χ1n) is 8.76. The number of hydrogen-bond acceptors (Lipinski definition) is 3. The molecule has 1 aliphatic rings. The van der Waals surface area contributed by atoms with Gasteiger partial charge in [-0.1, -0.05) is 54.1 Å². The van der Waals surface area contributed by atoms with Crippen LogP contribution in [0.5, 0.6) is 0 Å². The van der Waals surface area contributed by atoms with Crippen molar-refractivity contribution >= 4 is 17.3 Å². The fraction of sp³-hybridized carbons (Fsp3) is 0.333. The van der Waals surface area contributed by atoms with Gasteiger partial charge in [-0.2, -0.15) is 0 Å². The summed E-state index contributed by atoms with van der Waals surface area (Å²) in [4.78, 5) is 2.51. The average molecular weight is 356 g/mol. The van der Waals surface area contributed by atoms with Gasteiger partial charge >= 0.3 is 0 Å². The molecular weight excluding hydrogens is 330 g/mol. The van der Waals surface area contributed by atoms with E-state index in [4.69, 9.17) is 11.6 Å². The Balaban J connectivity index is 1.50. The molecule has 0 aromatic heterocycles. The second kappa shape index (κ2) is 8.05. The molecule has 1 aliphatic heterocycles. The van der Waals surface area contributed by atoms with Crippen LogP contribution in [0, 0.1) is 13.8 Å². The molecule has 0 bridgehead atoms. The van der Waals surface area contributed by atoms with Crippen molar-refractivity contribution in [3.05, 3.63) is 76.3 Å². The van der Waals surface area contributed by atoms with Gasteiger partial charge in [0.1, 0.15) is 0 Å². The van der Waals surface area contributed by atoms with Crippen LogP contribution in [0.1, 0.15) is 22.3 Å². The summed E-state index contributed by atoms with van der Waals surface area (Å²) in [6.07, 6.45) is 0. The van der Waals surface area contributed by atoms with Gasteiger partial charge in [-0.3, -0.25) is 4.90 Å². The highest BCUT2D eigenvalue weighted by Gasteiger charge is 2.18. The summed E-state index contributed by atoms with van der Waals surface area (Å²) >= 11 is 5.94. The number of hydrogen-bond donors (Lipinski definition) is 1. The van der Waals surface area contributed by atoms with Gasteiger partial charge in [0, 0.05) is 43.4 Å². The van der Waals surface area contributed by atoms with Gasteiger partial charge in [-0.05, 0) is 42.7 Å². The quantitative estimate of drug-likeness (QED) is 0.865. The molecule has 2 aromatic carbocycles. The minimum Gasteiger partial charge on any atom is -0.319 e. The van der Waals surface area contributed by atoms with Gasteiger partial charge in [0.2, 0.25) is 0 Å². The van der Waals surface area contributed by atoms with E-state index in [1.807, 2.05) is 24.3 Å². The third kappa shape index (κ3) is 4.85. The zero-order chi connectivity index (χ0) is 17.8. The minimum atomic E-state index is 0.747. The second-order valence-corrected chi connectivity index (χ2v) is 7.23. The number of nitrogens with one attached hydrogen (secondary N) is 1. The monoisotopic (exact) mass is 355 g/mol. The fourth-order valence-electron chi connectivity index (χ4n) is 3.19. The molecule has 2 aromatic rings. The van der Waals surface area contributed by atoms with Crippen molar-refractivity contribution < 1.29 is 0 Å². The molecule has 3 nitrogen and oxygen atoms in total. The summed E-state index contributed by atoms with van der Waals surface area (Å²) in [7, 11) is 0. The van der Waals surface area contributed by atoms with Crippen molar-refractivity contribution in [1.29, 1.82) is 0 Å². The largest absolute Gasteiger partial charge is 0.319 e. The molecule has 3 rings (SSSR count). The van der Waals surface area contributed by atoms with Crippen LogP contribution in [0.4, 0.5) is 0 Å². The van der Waals surface area contributed by atoms with Gasteiger partial charge in [0.25, 0.3) is 0 Å². The zero-order valence-corrected chi connectivity index (χ0v) is 15.8. The minimum absolute atomic E-state index is 0.747. The molecule has 0 amide bonds. The van der Waals surface area contributed by atoms with Crippen LogP contribution < -0.4 is 5.43 Å². The maximum atomic E-state index is 5.94. The fourth-order valence-corrected chi connectivity index (χ4v) is 3.31. The molecule has 0 saturated carbocycles. The van der Waals surface area contributed by atoms with Gasteiger partial charge < -0.3 is 5.43 Å². The van der Waals surface area contributed by atoms with Crippen molar-refractivity contribution in [3.8, 4) is 0 Å². The molecule has 25 heavy (non-hydrogen) atoms. The third-order valence-electron chi connectivity index (χ3n) is 4.75. The van der Waals surface area contributed by atoms with Crippen LogP contribution in [0.25, 0.3) is 5.70 Å². The van der Waals surface area contributed by atoms with E-state index in [0.717, 1.165) is 49.0 Å². The maximum Gasteiger partial charge on any atom is 0.0490 e. The summed E-state index contributed by atoms with van der Waals surface area (Å²) in [5.41, 5.74) is 9.56. The van der Waals surface area contributed by atoms with E-state index in [-0.39, 0.29) is 0 Å². The van der Waals surface area contributed by atoms with Crippen LogP contribution in [0.3, 0.4) is 0 Å². The highest BCUT2D eigenvalue weighted by Crippen LogP contribution is 2.17. The Morgan fingerprint density at radius 1 is 1.04 bits per heavy atom. The molecule has 1 N–H and O–H groups in total. The van der Waals surface area contributed by atoms with Crippen LogP contribution in [0.15, 0.2) is 49.0 Å². The smallest absolute Gasteiger partial charge is 0.0490 e. The molecule has 0 spiro atoms. The Labute approximate surface area is 155 Å². The lowest BCUT2D eigenvalue weighted by molar-refractivity contribution is 0.104. The topological polar surface area (TPSA) is 18.5 Å². The second-order valence-electron chi connectivity index (χ2n) is 6.79. The van der Waals surface area contributed by atoms with Crippen molar-refractivity contribution in [1.82, 2.24) is 15.3 Å². The number of nitrogens with zero attached hydrogens (tertiary/aromatic N) is 2. The van der Waals surface area contributed by atoms with E-state index < -0.39 is 0 Å². The van der Waals surface area contributed by atoms with Crippen molar-refractivity contribution in [3.63, 3.8) is 0 Å². The number of hydrazine groups is 1. The van der Waals surface area contributed by atoms with Crippen LogP contribution >= 0.6 is 11.6 Å². The molecule has 132 valence electrons. The number of rotatable bonds is 5. The van der Waals surface area contributed by atoms with E-state index in [2.05, 4.69) is 54.0 Å². The van der Waals surface area contributed by atoms with Gasteiger partial charge in [0.15, 0.2) is 0 Å². The summed E-state index contributed by atoms with van der Waals surface area (Å²) in [6.45, 7) is 13.6. The summed E-state index contributed by atoms with van der Waals surface area (Å²) in [5, 5.41) is 2.99. The molecule has 1 saturated heterocycles. The molecule has 1 heterocycles. The van der Waals surface area contributed by atoms with E-state index in [1.54, 1.807) is 0 Å². The Kier molecular flexibility index (Phi) is 5.79. The van der Waals surface area contributed by atoms with Crippen molar-refractivity contribution in [2.24, 2.45) is 0 Å². The third-order valence-corrected chi connectivity index (χ3v) is 5.00. The molecule has 4 heteroatoms. The van der Waals surface area contributed by atoms with E-state index in [1.165, 1.54) is 16.7 Å². The first kappa shape index (κ1) is 18.0. The predicted octanol–water partition coefficient (Wildman–Crippen LogP) is 4.25. The highest BCUT2D eigenvalue weighted by atomic mass is 35.5. The Morgan fingerprint density at radius 3 is 2.36 bits per heavy atom. The number of benzene rings is 2. The maximum absolute atomic E-state index is 5.94. The molecule has 0 unspecified atom stereocenters. The zero-order valence-electron chi connectivity index (χ0n) is 15.1. The Morgan fingerprint density at radius 2 is 1.72 bits per heavy atom. The molecule has 0 atom stereocenters. The molecular formula is C21H26ClN3. The average Bonchev–Trinajstić information content (AvgIpc) is 2.59. The van der Waals surface area contributed by atoms with Gasteiger partial charge in [-0.15, -0.1) is 0 Å². The van der Waals surface area contributed by atoms with Crippen molar-refractivity contribution in [2.45, 2.75) is 20.4 Å². The molecule has 1 fully saturated rings. The lowest BCUT2D eigenvalue weighted by Gasteiger charge is -2.36. The first-order valence-corrected chi connectivity index (χ1v) is 9.14. The molecule has 0 radical (unpaired) electrons. The number of halogens is 1. The van der Waals surface area contributed by atoms with E-state index >= 15 is 0 Å². The lowest BCUT2D eigenvalue weighted by Crippen LogP contribution is -2.50. The van der Waals surface area contributed by atoms with Crippen LogP contribution in [-0.2, 0) is 6.54 Å². The normalized spacial score (nSPS) is 16.0. The van der Waals surface area contributed by atoms with Crippen molar-refractivity contribution in [2.75, 3.05) is 26.2 Å². The standard InChI is InChI=1S/C21H26ClN3/c1-16-4-5-20(17(2)14-16)15-24-10-12-25(13-11-24)23-18(3)19-6-8-21(22)9-7-19/h4-9,14,23H,3,10-13,15H2,1-2H3. The summed E-state index contributed by atoms with van der Waals surface area (Å²) < 4.78 is 0. The summed E-state index contributed by atoms with van der Waals surface area (Å²) in [6, 6.07) is 14.5. The van der Waals surface area contributed by atoms with Gasteiger partial charge in [0.05, 0.1) is 0 Å². The van der Waals surface area contributed by atoms with E-state index in [9.17, 15) is 0 Å². The molecule has 0 aliphatic carbocycles. The Bertz CT molecular complexity index is 731. The predicted molar refractivity (Wildman–Crippen MR) is 106 cm³/mol. The van der Waals surface area contributed by atoms with E-state index in [0.29, 0.717) is 0 Å².